The van der Waals surface area contributed by atoms with E-state index in [-0.39, 0.29) is 0 Å². The number of alkyl halides is 7. The Morgan fingerprint density at radius 1 is 1.12 bits per heavy atom. The van der Waals surface area contributed by atoms with E-state index in [1.807, 2.05) is 0 Å². The Morgan fingerprint density at radius 3 is 2.12 bits per heavy atom. The van der Waals surface area contributed by atoms with Crippen LogP contribution in [0, 0.1) is 6.07 Å². The van der Waals surface area contributed by atoms with E-state index in [4.69, 9.17) is 0 Å². The molecule has 1 rings (SSSR count). The van der Waals surface area contributed by atoms with Gasteiger partial charge in [-0.05, 0) is 0 Å². The molecule has 1 aromatic rings. The first kappa shape index (κ1) is 12.7. The van der Waals surface area contributed by atoms with E-state index in [0.717, 1.165) is 0 Å². The highest BCUT2D eigenvalue weighted by molar-refractivity contribution is 5.07. The number of hydrogen-bond donors (Lipinski definition) is 0. The van der Waals surface area contributed by atoms with Crippen LogP contribution >= 0.6 is 0 Å². The summed E-state index contributed by atoms with van der Waals surface area (Å²) in [5.74, 6) is -7.39. The van der Waals surface area contributed by atoms with Crippen LogP contribution in [0.2, 0.25) is 0 Å². The van der Waals surface area contributed by atoms with Crippen molar-refractivity contribution in [1.29, 1.82) is 0 Å². The Morgan fingerprint density at radius 2 is 1.69 bits per heavy atom. The zero-order valence-electron chi connectivity index (χ0n) is 7.19. The summed E-state index contributed by atoms with van der Waals surface area (Å²) in [5, 5.41) is 0. The molecule has 0 aliphatic rings. The van der Waals surface area contributed by atoms with Gasteiger partial charge in [0.2, 0.25) is 5.82 Å². The molecule has 0 aliphatic heterocycles. The first-order valence-electron chi connectivity index (χ1n) is 3.64. The molecule has 0 unspecified atom stereocenters. The molecule has 16 heavy (non-hydrogen) atoms. The molecule has 0 spiro atoms. The van der Waals surface area contributed by atoms with E-state index in [9.17, 15) is 30.7 Å². The molecule has 0 atom stereocenters. The number of rotatable bonds is 2. The van der Waals surface area contributed by atoms with E-state index in [1.165, 1.54) is 0 Å². The van der Waals surface area contributed by atoms with Crippen LogP contribution in [0.1, 0.15) is 17.9 Å². The van der Waals surface area contributed by atoms with Crippen LogP contribution in [0.25, 0.3) is 0 Å². The van der Waals surface area contributed by atoms with Crippen LogP contribution in [-0.4, -0.2) is 16.1 Å². The average molecular weight is 247 g/mol. The predicted octanol–water partition coefficient (Wildman–Crippen LogP) is 2.87. The van der Waals surface area contributed by atoms with Crippen LogP contribution in [0.3, 0.4) is 0 Å². The van der Waals surface area contributed by atoms with Gasteiger partial charge in [-0.3, -0.25) is 0 Å². The minimum absolute atomic E-state index is 0.295. The molecule has 9 heteroatoms. The smallest absolute Gasteiger partial charge is 0.235 e. The monoisotopic (exact) mass is 247 g/mol. The van der Waals surface area contributed by atoms with E-state index < -0.39 is 30.0 Å². The standard InChI is InChI=1S/C7H2F7N2/c8-4(9)3-1-2-15-5(16-3)6(10,11)7(12,13)14/h2,4H. The van der Waals surface area contributed by atoms with Gasteiger partial charge in [-0.1, -0.05) is 0 Å². The third kappa shape index (κ3) is 2.22. The zero-order valence-corrected chi connectivity index (χ0v) is 7.19. The second kappa shape index (κ2) is 3.87. The van der Waals surface area contributed by atoms with Gasteiger partial charge in [-0.2, -0.15) is 22.0 Å². The van der Waals surface area contributed by atoms with E-state index >= 15 is 0 Å². The topological polar surface area (TPSA) is 25.8 Å². The Balaban J connectivity index is 3.19. The number of halogens is 7. The van der Waals surface area contributed by atoms with E-state index in [1.54, 1.807) is 6.07 Å². The van der Waals surface area contributed by atoms with Crippen molar-refractivity contribution < 1.29 is 30.7 Å². The fourth-order valence-electron chi connectivity index (χ4n) is 0.725. The maximum absolute atomic E-state index is 12.6. The Bertz CT molecular complexity index is 373. The minimum Gasteiger partial charge on any atom is -0.235 e. The lowest BCUT2D eigenvalue weighted by atomic mass is 10.3. The van der Waals surface area contributed by atoms with Gasteiger partial charge < -0.3 is 0 Å². The third-order valence-corrected chi connectivity index (χ3v) is 1.47. The highest BCUT2D eigenvalue weighted by Crippen LogP contribution is 2.42. The third-order valence-electron chi connectivity index (χ3n) is 1.47. The molecular formula is C7H2F7N2. The van der Waals surface area contributed by atoms with Crippen molar-refractivity contribution in [2.45, 2.75) is 18.5 Å². The van der Waals surface area contributed by atoms with Crippen LogP contribution in [0.4, 0.5) is 30.7 Å². The van der Waals surface area contributed by atoms with E-state index in [0.29, 0.717) is 6.20 Å². The predicted molar refractivity (Wildman–Crippen MR) is 35.8 cm³/mol. The molecule has 0 fully saturated rings. The van der Waals surface area contributed by atoms with Crippen molar-refractivity contribution in [1.82, 2.24) is 9.97 Å². The average Bonchev–Trinajstić information content (AvgIpc) is 2.16. The van der Waals surface area contributed by atoms with Crippen molar-refractivity contribution in [3.63, 3.8) is 0 Å². The van der Waals surface area contributed by atoms with Crippen LogP contribution in [0.5, 0.6) is 0 Å². The number of hydrogen-bond acceptors (Lipinski definition) is 2. The van der Waals surface area contributed by atoms with Gasteiger partial charge in [-0.25, -0.2) is 18.7 Å². The zero-order chi connectivity index (χ0) is 12.6. The first-order valence-corrected chi connectivity index (χ1v) is 3.64. The summed E-state index contributed by atoms with van der Waals surface area (Å²) in [6.45, 7) is 0. The molecule has 0 aliphatic carbocycles. The molecule has 2 nitrogen and oxygen atoms in total. The summed E-state index contributed by atoms with van der Waals surface area (Å²) >= 11 is 0. The number of aromatic nitrogens is 2. The molecule has 1 heterocycles. The molecule has 0 saturated carbocycles. The molecule has 1 aromatic heterocycles. The molecule has 0 amide bonds. The van der Waals surface area contributed by atoms with Crippen molar-refractivity contribution in [3.8, 4) is 0 Å². The second-order valence-corrected chi connectivity index (χ2v) is 2.60. The lowest BCUT2D eigenvalue weighted by Gasteiger charge is -2.17. The van der Waals surface area contributed by atoms with Crippen molar-refractivity contribution >= 4 is 0 Å². The lowest BCUT2D eigenvalue weighted by molar-refractivity contribution is -0.292. The summed E-state index contributed by atoms with van der Waals surface area (Å²) in [6.07, 6.45) is -8.94. The van der Waals surface area contributed by atoms with Crippen molar-refractivity contribution in [2.75, 3.05) is 0 Å². The first-order chi connectivity index (χ1) is 7.16. The Kier molecular flexibility index (Phi) is 3.06. The molecular weight excluding hydrogens is 245 g/mol. The quantitative estimate of drug-likeness (QED) is 0.751. The molecule has 1 radical (unpaired) electrons. The maximum Gasteiger partial charge on any atom is 0.461 e. The Hall–Kier alpha value is -1.41. The maximum atomic E-state index is 12.6. The van der Waals surface area contributed by atoms with Crippen molar-refractivity contribution in [3.05, 3.63) is 23.8 Å². The second-order valence-electron chi connectivity index (χ2n) is 2.60. The summed E-state index contributed by atoms with van der Waals surface area (Å²) in [4.78, 5) is 5.01. The minimum atomic E-state index is -5.94. The van der Waals surface area contributed by atoms with Gasteiger partial charge >= 0.3 is 12.1 Å². The van der Waals surface area contributed by atoms with Crippen LogP contribution < -0.4 is 0 Å². The fourth-order valence-corrected chi connectivity index (χ4v) is 0.725. The molecule has 0 saturated heterocycles. The van der Waals surface area contributed by atoms with Gasteiger partial charge in [0.25, 0.3) is 6.43 Å². The molecule has 0 N–H and O–H groups in total. The highest BCUT2D eigenvalue weighted by atomic mass is 19.4. The number of nitrogens with zero attached hydrogens (tertiary/aromatic N) is 2. The molecule has 0 bridgehead atoms. The van der Waals surface area contributed by atoms with Crippen LogP contribution in [0.15, 0.2) is 6.20 Å². The largest absolute Gasteiger partial charge is 0.461 e. The van der Waals surface area contributed by atoms with Crippen molar-refractivity contribution in [2.24, 2.45) is 0 Å². The highest BCUT2D eigenvalue weighted by Gasteiger charge is 2.61. The molecule has 0 aromatic carbocycles. The van der Waals surface area contributed by atoms with E-state index in [2.05, 4.69) is 9.97 Å². The Labute approximate surface area is 84.1 Å². The van der Waals surface area contributed by atoms with Crippen LogP contribution in [-0.2, 0) is 5.92 Å². The SMILES string of the molecule is FC(F)c1[c]cnc(C(F)(F)C(F)(F)F)n1. The normalized spacial score (nSPS) is 13.2. The van der Waals surface area contributed by atoms with Gasteiger partial charge in [0.15, 0.2) is 0 Å². The lowest BCUT2D eigenvalue weighted by Crippen LogP contribution is -2.35. The van der Waals surface area contributed by atoms with Gasteiger partial charge in [0.05, 0.1) is 0 Å². The summed E-state index contributed by atoms with van der Waals surface area (Å²) in [6, 6.07) is 1.66. The summed E-state index contributed by atoms with van der Waals surface area (Å²) in [7, 11) is 0. The van der Waals surface area contributed by atoms with Gasteiger partial charge in [0, 0.05) is 12.3 Å². The van der Waals surface area contributed by atoms with Gasteiger partial charge in [-0.15, -0.1) is 0 Å². The molecule has 89 valence electrons. The summed E-state index contributed by atoms with van der Waals surface area (Å²) < 4.78 is 84.6. The van der Waals surface area contributed by atoms with Gasteiger partial charge in [0.1, 0.15) is 5.69 Å². The summed E-state index contributed by atoms with van der Waals surface area (Å²) in [5.41, 5.74) is -1.31. The fraction of sp³-hybridized carbons (Fsp3) is 0.429.